The molecular formula is C25H30FN3O4. The van der Waals surface area contributed by atoms with Crippen molar-refractivity contribution in [3.05, 3.63) is 59.4 Å². The number of unbranched alkanes of at least 4 members (excludes halogenated alkanes) is 1. The number of halogens is 1. The van der Waals surface area contributed by atoms with Crippen LogP contribution in [0.1, 0.15) is 47.4 Å². The molecule has 2 aromatic rings. The summed E-state index contributed by atoms with van der Waals surface area (Å²) in [6, 6.07) is 11.3. The van der Waals surface area contributed by atoms with Gasteiger partial charge in [0.15, 0.2) is 5.78 Å². The Morgan fingerprint density at radius 1 is 1.00 bits per heavy atom. The molecule has 3 rings (SSSR count). The number of rotatable bonds is 9. The number of benzene rings is 2. The number of piperazine rings is 1. The summed E-state index contributed by atoms with van der Waals surface area (Å²) in [4.78, 5) is 39.8. The van der Waals surface area contributed by atoms with Gasteiger partial charge in [-0.2, -0.15) is 0 Å². The van der Waals surface area contributed by atoms with Crippen LogP contribution in [0.4, 0.5) is 10.1 Å². The van der Waals surface area contributed by atoms with Crippen molar-refractivity contribution in [3.8, 4) is 5.75 Å². The van der Waals surface area contributed by atoms with Gasteiger partial charge in [-0.15, -0.1) is 0 Å². The molecule has 1 N–H and O–H groups in total. The van der Waals surface area contributed by atoms with Crippen LogP contribution >= 0.6 is 0 Å². The highest BCUT2D eigenvalue weighted by molar-refractivity contribution is 5.96. The molecule has 0 unspecified atom stereocenters. The number of hydrogen-bond donors (Lipinski definition) is 1. The maximum atomic E-state index is 14.4. The van der Waals surface area contributed by atoms with E-state index in [4.69, 9.17) is 4.74 Å². The second-order valence-electron chi connectivity index (χ2n) is 8.00. The van der Waals surface area contributed by atoms with Gasteiger partial charge in [0.1, 0.15) is 11.6 Å². The van der Waals surface area contributed by atoms with Crippen molar-refractivity contribution in [1.29, 1.82) is 0 Å². The molecule has 1 fully saturated rings. The maximum Gasteiger partial charge on any atom is 0.251 e. The van der Waals surface area contributed by atoms with E-state index in [2.05, 4.69) is 12.2 Å². The van der Waals surface area contributed by atoms with Gasteiger partial charge in [0, 0.05) is 37.3 Å². The zero-order valence-corrected chi connectivity index (χ0v) is 19.1. The molecule has 0 radical (unpaired) electrons. The van der Waals surface area contributed by atoms with Crippen molar-refractivity contribution >= 4 is 23.3 Å². The fraction of sp³-hybridized carbons (Fsp3) is 0.400. The summed E-state index contributed by atoms with van der Waals surface area (Å²) in [6.07, 6.45) is 2.02. The van der Waals surface area contributed by atoms with Crippen LogP contribution in [0.5, 0.6) is 5.75 Å². The molecule has 176 valence electrons. The summed E-state index contributed by atoms with van der Waals surface area (Å²) in [6.45, 7) is 5.81. The molecular weight excluding hydrogens is 425 g/mol. The lowest BCUT2D eigenvalue weighted by atomic mass is 10.1. The predicted molar refractivity (Wildman–Crippen MR) is 124 cm³/mol. The van der Waals surface area contributed by atoms with Gasteiger partial charge in [-0.05, 0) is 55.8 Å². The first-order valence-corrected chi connectivity index (χ1v) is 11.2. The minimum absolute atomic E-state index is 0.102. The molecule has 0 aromatic heterocycles. The summed E-state index contributed by atoms with van der Waals surface area (Å²) < 4.78 is 20.0. The highest BCUT2D eigenvalue weighted by Crippen LogP contribution is 2.22. The minimum Gasteiger partial charge on any atom is -0.494 e. The number of hydrogen-bond acceptors (Lipinski definition) is 5. The monoisotopic (exact) mass is 455 g/mol. The van der Waals surface area contributed by atoms with Crippen molar-refractivity contribution in [3.63, 3.8) is 0 Å². The van der Waals surface area contributed by atoms with Gasteiger partial charge in [-0.1, -0.05) is 13.3 Å². The third-order valence-corrected chi connectivity index (χ3v) is 5.61. The quantitative estimate of drug-likeness (QED) is 0.464. The fourth-order valence-corrected chi connectivity index (χ4v) is 3.59. The first kappa shape index (κ1) is 24.2. The van der Waals surface area contributed by atoms with Crippen LogP contribution in [0.15, 0.2) is 42.5 Å². The van der Waals surface area contributed by atoms with E-state index < -0.39 is 5.82 Å². The molecule has 1 aliphatic heterocycles. The van der Waals surface area contributed by atoms with Gasteiger partial charge in [0.25, 0.3) is 5.91 Å². The number of ether oxygens (including phenoxy) is 1. The predicted octanol–water partition coefficient (Wildman–Crippen LogP) is 3.29. The number of amides is 2. The number of nitrogens with one attached hydrogen (secondary N) is 1. The van der Waals surface area contributed by atoms with E-state index >= 15 is 0 Å². The number of nitrogens with zero attached hydrogens (tertiary/aromatic N) is 2. The van der Waals surface area contributed by atoms with E-state index in [1.807, 2.05) is 4.90 Å². The molecule has 2 aromatic carbocycles. The van der Waals surface area contributed by atoms with E-state index in [9.17, 15) is 18.8 Å². The van der Waals surface area contributed by atoms with E-state index in [0.717, 1.165) is 12.8 Å². The Morgan fingerprint density at radius 2 is 1.67 bits per heavy atom. The third kappa shape index (κ3) is 6.54. The lowest BCUT2D eigenvalue weighted by Gasteiger charge is -2.36. The topological polar surface area (TPSA) is 79.0 Å². The van der Waals surface area contributed by atoms with Crippen LogP contribution < -0.4 is 15.0 Å². The average Bonchev–Trinajstić information content (AvgIpc) is 2.83. The second kappa shape index (κ2) is 11.4. The van der Waals surface area contributed by atoms with Gasteiger partial charge >= 0.3 is 0 Å². The van der Waals surface area contributed by atoms with Gasteiger partial charge in [0.2, 0.25) is 5.91 Å². The molecule has 1 heterocycles. The van der Waals surface area contributed by atoms with Crippen molar-refractivity contribution in [2.45, 2.75) is 26.7 Å². The lowest BCUT2D eigenvalue weighted by molar-refractivity contribution is -0.130. The molecule has 1 aliphatic rings. The summed E-state index contributed by atoms with van der Waals surface area (Å²) in [5.74, 6) is -0.434. The molecule has 8 heteroatoms. The fourth-order valence-electron chi connectivity index (χ4n) is 3.59. The summed E-state index contributed by atoms with van der Waals surface area (Å²) in [7, 11) is 0. The van der Waals surface area contributed by atoms with Gasteiger partial charge in [0.05, 0.1) is 18.8 Å². The van der Waals surface area contributed by atoms with E-state index in [1.54, 1.807) is 41.3 Å². The Balaban J connectivity index is 1.45. The molecule has 0 bridgehead atoms. The smallest absolute Gasteiger partial charge is 0.251 e. The van der Waals surface area contributed by atoms with Crippen molar-refractivity contribution in [1.82, 2.24) is 10.2 Å². The molecule has 33 heavy (non-hydrogen) atoms. The molecule has 0 spiro atoms. The summed E-state index contributed by atoms with van der Waals surface area (Å²) in [5.41, 5.74) is 1.21. The highest BCUT2D eigenvalue weighted by Gasteiger charge is 2.23. The largest absolute Gasteiger partial charge is 0.494 e. The van der Waals surface area contributed by atoms with Gasteiger partial charge in [-0.25, -0.2) is 4.39 Å². The average molecular weight is 456 g/mol. The Hall–Kier alpha value is -3.42. The normalized spacial score (nSPS) is 13.5. The van der Waals surface area contributed by atoms with Crippen LogP contribution in [-0.4, -0.2) is 61.8 Å². The highest BCUT2D eigenvalue weighted by atomic mass is 19.1. The van der Waals surface area contributed by atoms with Crippen LogP contribution in [-0.2, 0) is 4.79 Å². The number of ketones is 1. The molecule has 7 nitrogen and oxygen atoms in total. The van der Waals surface area contributed by atoms with Gasteiger partial charge < -0.3 is 19.9 Å². The van der Waals surface area contributed by atoms with E-state index in [-0.39, 0.29) is 24.1 Å². The third-order valence-electron chi connectivity index (χ3n) is 5.61. The minimum atomic E-state index is -0.448. The Kier molecular flexibility index (Phi) is 8.40. The molecule has 0 saturated carbocycles. The first-order chi connectivity index (χ1) is 15.9. The Labute approximate surface area is 193 Å². The number of carbonyl (C=O) groups is 3. The summed E-state index contributed by atoms with van der Waals surface area (Å²) >= 11 is 0. The van der Waals surface area contributed by atoms with Gasteiger partial charge in [-0.3, -0.25) is 14.4 Å². The van der Waals surface area contributed by atoms with Crippen LogP contribution in [0, 0.1) is 5.82 Å². The van der Waals surface area contributed by atoms with Crippen LogP contribution in [0.3, 0.4) is 0 Å². The van der Waals surface area contributed by atoms with Crippen molar-refractivity contribution < 1.29 is 23.5 Å². The molecule has 2 amide bonds. The number of carbonyl (C=O) groups excluding carboxylic acids is 3. The zero-order chi connectivity index (χ0) is 23.8. The maximum absolute atomic E-state index is 14.4. The van der Waals surface area contributed by atoms with Crippen LogP contribution in [0.25, 0.3) is 0 Å². The summed E-state index contributed by atoms with van der Waals surface area (Å²) in [5, 5.41) is 2.66. The van der Waals surface area contributed by atoms with Crippen LogP contribution in [0.2, 0.25) is 0 Å². The zero-order valence-electron chi connectivity index (χ0n) is 19.1. The molecule has 1 saturated heterocycles. The Morgan fingerprint density at radius 3 is 2.27 bits per heavy atom. The second-order valence-corrected chi connectivity index (χ2v) is 8.00. The SMILES string of the molecule is CCCCOc1ccc(C(=O)NCC(=O)N2CCN(c3ccc(C(C)=O)cc3F)CC2)cc1. The lowest BCUT2D eigenvalue weighted by Crippen LogP contribution is -2.51. The Bertz CT molecular complexity index is 986. The van der Waals surface area contributed by atoms with E-state index in [0.29, 0.717) is 55.3 Å². The number of anilines is 1. The molecule has 0 atom stereocenters. The number of Topliss-reactive ketones (excluding diaryl/α,β-unsaturated/α-hetero) is 1. The van der Waals surface area contributed by atoms with Crippen molar-refractivity contribution in [2.75, 3.05) is 44.2 Å². The molecule has 0 aliphatic carbocycles. The standard InChI is InChI=1S/C25H30FN3O4/c1-3-4-15-33-21-8-5-19(6-9-21)25(32)27-17-24(31)29-13-11-28(12-14-29)23-10-7-20(18(2)30)16-22(23)26/h5-10,16H,3-4,11-15,17H2,1-2H3,(H,27,32). The van der Waals surface area contributed by atoms with E-state index in [1.165, 1.54) is 13.0 Å². The van der Waals surface area contributed by atoms with Crippen molar-refractivity contribution in [2.24, 2.45) is 0 Å². The first-order valence-electron chi connectivity index (χ1n) is 11.2.